The maximum absolute atomic E-state index is 9.45. The molecule has 2 nitrogen and oxygen atoms in total. The lowest BCUT2D eigenvalue weighted by Gasteiger charge is -2.11. The van der Waals surface area contributed by atoms with E-state index in [-0.39, 0.29) is 0 Å². The Bertz CT molecular complexity index is 986. The van der Waals surface area contributed by atoms with Crippen LogP contribution in [0.1, 0.15) is 16.7 Å². The highest BCUT2D eigenvalue weighted by molar-refractivity contribution is 9.10. The first kappa shape index (κ1) is 19.5. The van der Waals surface area contributed by atoms with Gasteiger partial charge in [-0.1, -0.05) is 81.6 Å². The average Bonchev–Trinajstić information content (AvgIpc) is 2.67. The van der Waals surface area contributed by atoms with E-state index in [0.717, 1.165) is 21.2 Å². The van der Waals surface area contributed by atoms with Gasteiger partial charge in [0.1, 0.15) is 6.61 Å². The standard InChI is InChI=1S/C22H14BrCl2NO/c23-19-8-6-15(7-9-19)14-27-22-20(24)11-16(12-21(22)25)10-18(13-26)17-4-2-1-3-5-17/h1-12H,14H2/b18-10+. The summed E-state index contributed by atoms with van der Waals surface area (Å²) in [5.41, 5.74) is 3.11. The minimum atomic E-state index is 0.357. The van der Waals surface area contributed by atoms with Crippen molar-refractivity contribution < 1.29 is 4.74 Å². The molecule has 0 aromatic heterocycles. The Balaban J connectivity index is 1.83. The van der Waals surface area contributed by atoms with Crippen molar-refractivity contribution in [3.63, 3.8) is 0 Å². The monoisotopic (exact) mass is 457 g/mol. The zero-order valence-corrected chi connectivity index (χ0v) is 17.2. The van der Waals surface area contributed by atoms with Crippen molar-refractivity contribution in [3.05, 3.63) is 97.9 Å². The first-order valence-electron chi connectivity index (χ1n) is 8.10. The molecule has 0 bridgehead atoms. The molecule has 134 valence electrons. The molecule has 0 atom stereocenters. The molecule has 0 amide bonds. The summed E-state index contributed by atoms with van der Waals surface area (Å²) in [5.74, 6) is 0.427. The van der Waals surface area contributed by atoms with E-state index in [4.69, 9.17) is 27.9 Å². The smallest absolute Gasteiger partial charge is 0.157 e. The molecule has 3 rings (SSSR count). The van der Waals surface area contributed by atoms with Gasteiger partial charge in [0.2, 0.25) is 0 Å². The SMILES string of the molecule is N#C/C(=C\c1cc(Cl)c(OCc2ccc(Br)cc2)c(Cl)c1)c1ccccc1. The van der Waals surface area contributed by atoms with Crippen LogP contribution in [0.15, 0.2) is 71.2 Å². The number of benzene rings is 3. The predicted octanol–water partition coefficient (Wildman–Crippen LogP) is 7.40. The van der Waals surface area contributed by atoms with E-state index < -0.39 is 0 Å². The van der Waals surface area contributed by atoms with Crippen molar-refractivity contribution in [2.75, 3.05) is 0 Å². The molecule has 0 radical (unpaired) electrons. The van der Waals surface area contributed by atoms with E-state index in [1.807, 2.05) is 54.6 Å². The third-order valence-electron chi connectivity index (χ3n) is 3.83. The lowest BCUT2D eigenvalue weighted by molar-refractivity contribution is 0.306. The van der Waals surface area contributed by atoms with Gasteiger partial charge in [0.15, 0.2) is 5.75 Å². The van der Waals surface area contributed by atoms with Crippen LogP contribution >= 0.6 is 39.1 Å². The van der Waals surface area contributed by atoms with Crippen LogP contribution in [0.5, 0.6) is 5.75 Å². The summed E-state index contributed by atoms with van der Waals surface area (Å²) in [6.45, 7) is 0.357. The quantitative estimate of drug-likeness (QED) is 0.294. The Morgan fingerprint density at radius 1 is 1.00 bits per heavy atom. The average molecular weight is 459 g/mol. The maximum Gasteiger partial charge on any atom is 0.157 e. The lowest BCUT2D eigenvalue weighted by Crippen LogP contribution is -1.97. The highest BCUT2D eigenvalue weighted by atomic mass is 79.9. The van der Waals surface area contributed by atoms with Crippen molar-refractivity contribution >= 4 is 50.8 Å². The second-order valence-electron chi connectivity index (χ2n) is 5.76. The fraction of sp³-hybridized carbons (Fsp3) is 0.0455. The Labute approximate surface area is 176 Å². The molecule has 0 heterocycles. The summed E-state index contributed by atoms with van der Waals surface area (Å²) in [5, 5.41) is 10.2. The molecule has 5 heteroatoms. The van der Waals surface area contributed by atoms with Gasteiger partial charge in [0.25, 0.3) is 0 Å². The van der Waals surface area contributed by atoms with E-state index in [1.165, 1.54) is 0 Å². The Hall–Kier alpha value is -2.25. The van der Waals surface area contributed by atoms with Gasteiger partial charge in [-0.25, -0.2) is 0 Å². The number of rotatable bonds is 5. The van der Waals surface area contributed by atoms with Crippen molar-refractivity contribution in [2.45, 2.75) is 6.61 Å². The zero-order valence-electron chi connectivity index (χ0n) is 14.1. The third kappa shape index (κ3) is 5.14. The van der Waals surface area contributed by atoms with Crippen molar-refractivity contribution in [1.29, 1.82) is 5.26 Å². The van der Waals surface area contributed by atoms with Crippen LogP contribution in [0.2, 0.25) is 10.0 Å². The third-order valence-corrected chi connectivity index (χ3v) is 4.92. The number of nitrogens with zero attached hydrogens (tertiary/aromatic N) is 1. The van der Waals surface area contributed by atoms with Crippen molar-refractivity contribution in [1.82, 2.24) is 0 Å². The van der Waals surface area contributed by atoms with Crippen LogP contribution in [-0.2, 0) is 6.61 Å². The molecule has 0 spiro atoms. The summed E-state index contributed by atoms with van der Waals surface area (Å²) in [4.78, 5) is 0. The largest absolute Gasteiger partial charge is 0.486 e. The van der Waals surface area contributed by atoms with Crippen molar-refractivity contribution in [3.8, 4) is 11.8 Å². The predicted molar refractivity (Wildman–Crippen MR) is 115 cm³/mol. The van der Waals surface area contributed by atoms with Crippen LogP contribution in [0.3, 0.4) is 0 Å². The Kier molecular flexibility index (Phi) is 6.58. The summed E-state index contributed by atoms with van der Waals surface area (Å²) in [7, 11) is 0. The van der Waals surface area contributed by atoms with Gasteiger partial charge in [-0.2, -0.15) is 5.26 Å². The molecule has 0 aliphatic carbocycles. The van der Waals surface area contributed by atoms with Gasteiger partial charge in [-0.05, 0) is 47.0 Å². The highest BCUT2D eigenvalue weighted by Crippen LogP contribution is 2.36. The van der Waals surface area contributed by atoms with Gasteiger partial charge in [0.05, 0.1) is 21.7 Å². The van der Waals surface area contributed by atoms with Gasteiger partial charge in [0, 0.05) is 4.47 Å². The Morgan fingerprint density at radius 2 is 1.63 bits per heavy atom. The number of allylic oxidation sites excluding steroid dienone is 1. The molecule has 0 N–H and O–H groups in total. The number of nitriles is 1. The van der Waals surface area contributed by atoms with Gasteiger partial charge < -0.3 is 4.74 Å². The number of ether oxygens (including phenoxy) is 1. The van der Waals surface area contributed by atoms with Gasteiger partial charge in [-0.15, -0.1) is 0 Å². The summed E-state index contributed by atoms with van der Waals surface area (Å²) >= 11 is 16.1. The molecule has 0 saturated heterocycles. The van der Waals surface area contributed by atoms with E-state index in [9.17, 15) is 5.26 Å². The Morgan fingerprint density at radius 3 is 2.22 bits per heavy atom. The lowest BCUT2D eigenvalue weighted by atomic mass is 10.0. The van der Waals surface area contributed by atoms with Gasteiger partial charge in [-0.3, -0.25) is 0 Å². The number of hydrogen-bond donors (Lipinski definition) is 0. The van der Waals surface area contributed by atoms with E-state index in [1.54, 1.807) is 18.2 Å². The summed E-state index contributed by atoms with van der Waals surface area (Å²) in [6.07, 6.45) is 1.76. The molecule has 3 aromatic carbocycles. The van der Waals surface area contributed by atoms with Crippen LogP contribution in [0.25, 0.3) is 11.6 Å². The molecule has 0 fully saturated rings. The maximum atomic E-state index is 9.45. The molecule has 27 heavy (non-hydrogen) atoms. The number of halogens is 3. The van der Waals surface area contributed by atoms with E-state index in [0.29, 0.717) is 28.0 Å². The second kappa shape index (κ2) is 9.10. The minimum Gasteiger partial charge on any atom is -0.486 e. The molecule has 3 aromatic rings. The molecule has 0 unspecified atom stereocenters. The van der Waals surface area contributed by atoms with Crippen molar-refractivity contribution in [2.24, 2.45) is 0 Å². The normalized spacial score (nSPS) is 11.1. The molecule has 0 saturated carbocycles. The number of hydrogen-bond acceptors (Lipinski definition) is 2. The van der Waals surface area contributed by atoms with E-state index in [2.05, 4.69) is 22.0 Å². The fourth-order valence-electron chi connectivity index (χ4n) is 2.50. The molecular formula is C22H14BrCl2NO. The minimum absolute atomic E-state index is 0.357. The molecule has 0 aliphatic rings. The first-order valence-corrected chi connectivity index (χ1v) is 9.65. The fourth-order valence-corrected chi connectivity index (χ4v) is 3.38. The van der Waals surface area contributed by atoms with Crippen LogP contribution in [0.4, 0.5) is 0 Å². The molecule has 0 aliphatic heterocycles. The van der Waals surface area contributed by atoms with Crippen LogP contribution in [-0.4, -0.2) is 0 Å². The van der Waals surface area contributed by atoms with E-state index >= 15 is 0 Å². The first-order chi connectivity index (χ1) is 13.1. The summed E-state index contributed by atoms with van der Waals surface area (Å²) in [6, 6.07) is 23.0. The summed E-state index contributed by atoms with van der Waals surface area (Å²) < 4.78 is 6.80. The second-order valence-corrected chi connectivity index (χ2v) is 7.49. The highest BCUT2D eigenvalue weighted by Gasteiger charge is 2.10. The molecular weight excluding hydrogens is 445 g/mol. The van der Waals surface area contributed by atoms with Gasteiger partial charge >= 0.3 is 0 Å². The topological polar surface area (TPSA) is 33.0 Å². The zero-order chi connectivity index (χ0) is 19.2. The van der Waals surface area contributed by atoms with Crippen LogP contribution < -0.4 is 4.74 Å². The van der Waals surface area contributed by atoms with Crippen LogP contribution in [0, 0.1) is 11.3 Å².